The summed E-state index contributed by atoms with van der Waals surface area (Å²) >= 11 is 0. The second-order valence-electron chi connectivity index (χ2n) is 12.6. The SMILES string of the molecule is CCCCCOc1cc(F)cc(C[C@H](CC(C)=O)[C@H](O)[C@H]2CN(S(=O)(=O)c3cccc(C)c3)CCN2C(=O)OC(C)(C)C)c1. The van der Waals surface area contributed by atoms with Gasteiger partial charge in [0.15, 0.2) is 0 Å². The number of carbonyl (C=O) groups is 2. The van der Waals surface area contributed by atoms with Crippen LogP contribution in [0.25, 0.3) is 0 Å². The molecule has 3 rings (SSSR count). The Kier molecular flexibility index (Phi) is 12.3. The molecule has 244 valence electrons. The Labute approximate surface area is 261 Å². The van der Waals surface area contributed by atoms with E-state index in [1.165, 1.54) is 34.3 Å². The van der Waals surface area contributed by atoms with Crippen LogP contribution in [0.1, 0.15) is 71.4 Å². The second kappa shape index (κ2) is 15.3. The van der Waals surface area contributed by atoms with Crippen LogP contribution in [0.5, 0.6) is 5.75 Å². The highest BCUT2D eigenvalue weighted by Crippen LogP contribution is 2.30. The number of piperazine rings is 1. The number of halogens is 1. The molecule has 1 amide bonds. The summed E-state index contributed by atoms with van der Waals surface area (Å²) in [5.74, 6) is -1.10. The molecule has 44 heavy (non-hydrogen) atoms. The lowest BCUT2D eigenvalue weighted by molar-refractivity contribution is -0.119. The number of nitrogens with zero attached hydrogens (tertiary/aromatic N) is 2. The Bertz CT molecular complexity index is 1390. The number of hydrogen-bond donors (Lipinski definition) is 1. The third kappa shape index (κ3) is 10.0. The minimum Gasteiger partial charge on any atom is -0.493 e. The first-order valence-electron chi connectivity index (χ1n) is 15.3. The van der Waals surface area contributed by atoms with Gasteiger partial charge in [-0.1, -0.05) is 31.9 Å². The molecule has 2 aromatic rings. The maximum absolute atomic E-state index is 14.6. The van der Waals surface area contributed by atoms with Crippen LogP contribution in [0, 0.1) is 18.7 Å². The molecule has 1 aliphatic heterocycles. The van der Waals surface area contributed by atoms with Crippen LogP contribution in [0.4, 0.5) is 9.18 Å². The molecule has 1 N–H and O–H groups in total. The molecule has 1 saturated heterocycles. The Balaban J connectivity index is 1.94. The zero-order valence-corrected chi connectivity index (χ0v) is 27.5. The minimum atomic E-state index is -3.96. The molecule has 1 heterocycles. The van der Waals surface area contributed by atoms with Crippen molar-refractivity contribution in [3.63, 3.8) is 0 Å². The molecule has 0 bridgehead atoms. The Hall–Kier alpha value is -3.02. The van der Waals surface area contributed by atoms with Crippen LogP contribution >= 0.6 is 0 Å². The summed E-state index contributed by atoms with van der Waals surface area (Å²) in [6.07, 6.45) is 0.858. The van der Waals surface area contributed by atoms with Crippen molar-refractivity contribution in [2.75, 3.05) is 26.2 Å². The molecule has 0 radical (unpaired) electrons. The number of benzene rings is 2. The fourth-order valence-electron chi connectivity index (χ4n) is 5.43. The van der Waals surface area contributed by atoms with Gasteiger partial charge in [0.25, 0.3) is 0 Å². The minimum absolute atomic E-state index is 0.00125. The smallest absolute Gasteiger partial charge is 0.410 e. The summed E-state index contributed by atoms with van der Waals surface area (Å²) in [6.45, 7) is 10.6. The Morgan fingerprint density at radius 3 is 2.48 bits per heavy atom. The molecule has 9 nitrogen and oxygen atoms in total. The first-order chi connectivity index (χ1) is 20.6. The van der Waals surface area contributed by atoms with E-state index in [0.717, 1.165) is 24.8 Å². The number of aliphatic hydroxyl groups is 1. The molecule has 0 aliphatic carbocycles. The van der Waals surface area contributed by atoms with E-state index in [2.05, 4.69) is 6.92 Å². The van der Waals surface area contributed by atoms with Gasteiger partial charge >= 0.3 is 6.09 Å². The largest absolute Gasteiger partial charge is 0.493 e. The van der Waals surface area contributed by atoms with Crippen molar-refractivity contribution >= 4 is 21.9 Å². The molecule has 3 atom stereocenters. The Morgan fingerprint density at radius 1 is 1.11 bits per heavy atom. The number of aliphatic hydroxyl groups excluding tert-OH is 1. The van der Waals surface area contributed by atoms with Crippen LogP contribution in [0.3, 0.4) is 0 Å². The van der Waals surface area contributed by atoms with Crippen LogP contribution in [0.2, 0.25) is 0 Å². The van der Waals surface area contributed by atoms with Gasteiger partial charge in [-0.15, -0.1) is 0 Å². The van der Waals surface area contributed by atoms with E-state index in [0.29, 0.717) is 17.9 Å². The van der Waals surface area contributed by atoms with Crippen molar-refractivity contribution in [2.24, 2.45) is 5.92 Å². The van der Waals surface area contributed by atoms with Crippen molar-refractivity contribution in [1.82, 2.24) is 9.21 Å². The summed E-state index contributed by atoms with van der Waals surface area (Å²) in [4.78, 5) is 27.2. The van der Waals surface area contributed by atoms with Crippen LogP contribution in [-0.4, -0.2) is 78.6 Å². The van der Waals surface area contributed by atoms with Gasteiger partial charge < -0.3 is 19.4 Å². The van der Waals surface area contributed by atoms with E-state index in [9.17, 15) is 27.5 Å². The number of unbranched alkanes of at least 4 members (excludes halogenated alkanes) is 2. The van der Waals surface area contributed by atoms with Crippen LogP contribution < -0.4 is 4.74 Å². The van der Waals surface area contributed by atoms with Gasteiger partial charge in [0.05, 0.1) is 23.6 Å². The number of sulfonamides is 1. The van der Waals surface area contributed by atoms with Gasteiger partial charge in [0, 0.05) is 32.1 Å². The van der Waals surface area contributed by atoms with Crippen molar-refractivity contribution in [3.05, 3.63) is 59.4 Å². The average Bonchev–Trinajstić information content (AvgIpc) is 2.93. The predicted octanol–water partition coefficient (Wildman–Crippen LogP) is 5.51. The fraction of sp³-hybridized carbons (Fsp3) is 0.576. The van der Waals surface area contributed by atoms with Crippen molar-refractivity contribution < 1.29 is 37.0 Å². The van der Waals surface area contributed by atoms with E-state index in [1.54, 1.807) is 52.0 Å². The van der Waals surface area contributed by atoms with Crippen molar-refractivity contribution in [3.8, 4) is 5.75 Å². The lowest BCUT2D eigenvalue weighted by atomic mass is 9.85. The number of rotatable bonds is 13. The maximum Gasteiger partial charge on any atom is 0.410 e. The highest BCUT2D eigenvalue weighted by Gasteiger charge is 2.43. The summed E-state index contributed by atoms with van der Waals surface area (Å²) in [5, 5.41) is 11.9. The summed E-state index contributed by atoms with van der Waals surface area (Å²) in [7, 11) is -3.96. The van der Waals surface area contributed by atoms with E-state index in [-0.39, 0.29) is 43.2 Å². The lowest BCUT2D eigenvalue weighted by Crippen LogP contribution is -2.62. The maximum atomic E-state index is 14.6. The van der Waals surface area contributed by atoms with Gasteiger partial charge in [-0.3, -0.25) is 4.90 Å². The number of amides is 1. The molecule has 1 aliphatic rings. The highest BCUT2D eigenvalue weighted by molar-refractivity contribution is 7.89. The summed E-state index contributed by atoms with van der Waals surface area (Å²) < 4.78 is 54.6. The Morgan fingerprint density at radius 2 is 1.84 bits per heavy atom. The highest BCUT2D eigenvalue weighted by atomic mass is 32.2. The monoisotopic (exact) mass is 634 g/mol. The third-order valence-corrected chi connectivity index (χ3v) is 9.37. The zero-order chi connectivity index (χ0) is 32.7. The number of ether oxygens (including phenoxy) is 2. The van der Waals surface area contributed by atoms with E-state index < -0.39 is 45.6 Å². The topological polar surface area (TPSA) is 113 Å². The standard InChI is InChI=1S/C33H47FN2O7S/c1-7-8-9-15-42-28-20-25(19-27(34)21-28)18-26(17-24(3)37)31(38)30-22-35(13-14-36(30)32(39)43-33(4,5)6)44(40,41)29-12-10-11-23(2)16-29/h10-12,16,19-21,26,30-31,38H,7-9,13-15,17-18,22H2,1-6H3/t26-,30+,31-/m0/s1. The third-order valence-electron chi connectivity index (χ3n) is 7.51. The van der Waals surface area contributed by atoms with E-state index >= 15 is 0 Å². The number of ketones is 1. The first kappa shape index (κ1) is 35.5. The normalized spacial score (nSPS) is 17.6. The number of carbonyl (C=O) groups excluding carboxylic acids is 2. The number of aryl methyl sites for hydroxylation is 1. The molecule has 2 aromatic carbocycles. The molecular formula is C33H47FN2O7S. The van der Waals surface area contributed by atoms with Crippen molar-refractivity contribution in [2.45, 2.75) is 96.3 Å². The first-order valence-corrected chi connectivity index (χ1v) is 16.7. The molecule has 11 heteroatoms. The molecule has 0 saturated carbocycles. The fourth-order valence-corrected chi connectivity index (χ4v) is 6.98. The number of Topliss-reactive ketones (excluding diaryl/α,β-unsaturated/α-hetero) is 1. The summed E-state index contributed by atoms with van der Waals surface area (Å²) in [5.41, 5.74) is 0.468. The van der Waals surface area contributed by atoms with Gasteiger partial charge in [0.1, 0.15) is 23.0 Å². The van der Waals surface area contributed by atoms with Crippen LogP contribution in [0.15, 0.2) is 47.4 Å². The molecule has 0 unspecified atom stereocenters. The lowest BCUT2D eigenvalue weighted by Gasteiger charge is -2.44. The zero-order valence-electron chi connectivity index (χ0n) is 26.7. The van der Waals surface area contributed by atoms with E-state index in [1.807, 2.05) is 0 Å². The van der Waals surface area contributed by atoms with Gasteiger partial charge in [-0.05, 0) is 88.8 Å². The quantitative estimate of drug-likeness (QED) is 0.289. The average molecular weight is 635 g/mol. The van der Waals surface area contributed by atoms with Crippen LogP contribution in [-0.2, 0) is 26.0 Å². The van der Waals surface area contributed by atoms with Gasteiger partial charge in [-0.2, -0.15) is 4.31 Å². The second-order valence-corrected chi connectivity index (χ2v) is 14.6. The van der Waals surface area contributed by atoms with E-state index in [4.69, 9.17) is 9.47 Å². The number of hydrogen-bond acceptors (Lipinski definition) is 7. The molecule has 1 fully saturated rings. The van der Waals surface area contributed by atoms with Gasteiger partial charge in [0.2, 0.25) is 10.0 Å². The molecule has 0 spiro atoms. The van der Waals surface area contributed by atoms with Gasteiger partial charge in [-0.25, -0.2) is 17.6 Å². The summed E-state index contributed by atoms with van der Waals surface area (Å²) in [6, 6.07) is 9.84. The molecule has 0 aromatic heterocycles. The predicted molar refractivity (Wildman–Crippen MR) is 167 cm³/mol. The molecular weight excluding hydrogens is 587 g/mol. The van der Waals surface area contributed by atoms with Crippen molar-refractivity contribution in [1.29, 1.82) is 0 Å².